The van der Waals surface area contributed by atoms with E-state index < -0.39 is 4.92 Å². The Morgan fingerprint density at radius 2 is 1.50 bits per heavy atom. The molecule has 4 rings (SSSR count). The predicted octanol–water partition coefficient (Wildman–Crippen LogP) is 4.75. The number of nitro groups is 1. The molecule has 1 aliphatic heterocycles. The Labute approximate surface area is 209 Å². The van der Waals surface area contributed by atoms with Gasteiger partial charge in [0.2, 0.25) is 0 Å². The van der Waals surface area contributed by atoms with Crippen molar-refractivity contribution in [2.24, 2.45) is 0 Å². The van der Waals surface area contributed by atoms with Crippen LogP contribution in [0.4, 0.5) is 5.69 Å². The first-order valence-corrected chi connectivity index (χ1v) is 11.7. The highest BCUT2D eigenvalue weighted by Crippen LogP contribution is 2.31. The minimum Gasteiger partial charge on any atom is -0.497 e. The van der Waals surface area contributed by atoms with Crippen LogP contribution in [0.15, 0.2) is 66.7 Å². The first kappa shape index (κ1) is 25.0. The maximum absolute atomic E-state index is 13.5. The summed E-state index contributed by atoms with van der Waals surface area (Å²) in [5.41, 5.74) is 1.18. The van der Waals surface area contributed by atoms with Crippen LogP contribution in [0.1, 0.15) is 22.3 Å². The summed E-state index contributed by atoms with van der Waals surface area (Å²) in [5.74, 6) is 1.98. The maximum atomic E-state index is 13.5. The van der Waals surface area contributed by atoms with Crippen molar-refractivity contribution < 1.29 is 23.9 Å². The Morgan fingerprint density at radius 3 is 2.14 bits per heavy atom. The molecule has 1 saturated heterocycles. The maximum Gasteiger partial charge on any atom is 0.270 e. The molecule has 1 aliphatic rings. The van der Waals surface area contributed by atoms with Gasteiger partial charge >= 0.3 is 0 Å². The SMILES string of the molecule is COc1ccc(CN2CCCN(C(=O)c3cc([N+](=O)[O-])ccc3Oc3ccc(OC)cc3)CC2)cc1. The van der Waals surface area contributed by atoms with E-state index >= 15 is 0 Å². The van der Waals surface area contributed by atoms with Crippen LogP contribution in [0.3, 0.4) is 0 Å². The first-order chi connectivity index (χ1) is 17.5. The molecule has 0 aliphatic carbocycles. The van der Waals surface area contributed by atoms with Gasteiger partial charge in [-0.25, -0.2) is 0 Å². The molecule has 0 atom stereocenters. The van der Waals surface area contributed by atoms with E-state index in [4.69, 9.17) is 14.2 Å². The molecule has 1 heterocycles. The fourth-order valence-corrected chi connectivity index (χ4v) is 4.15. The number of nitrogens with zero attached hydrogens (tertiary/aromatic N) is 3. The van der Waals surface area contributed by atoms with Crippen molar-refractivity contribution in [2.45, 2.75) is 13.0 Å². The quantitative estimate of drug-likeness (QED) is 0.331. The fourth-order valence-electron chi connectivity index (χ4n) is 4.15. The molecule has 0 bridgehead atoms. The minimum atomic E-state index is -0.507. The molecule has 3 aromatic carbocycles. The molecule has 9 heteroatoms. The molecule has 0 spiro atoms. The van der Waals surface area contributed by atoms with E-state index in [1.165, 1.54) is 23.8 Å². The lowest BCUT2D eigenvalue weighted by Crippen LogP contribution is -2.35. The van der Waals surface area contributed by atoms with Crippen molar-refractivity contribution in [3.05, 3.63) is 88.0 Å². The van der Waals surface area contributed by atoms with Gasteiger partial charge in [0.1, 0.15) is 23.0 Å². The molecule has 0 N–H and O–H groups in total. The van der Waals surface area contributed by atoms with Gasteiger partial charge in [-0.15, -0.1) is 0 Å². The second kappa shape index (κ2) is 11.5. The molecule has 3 aromatic rings. The number of hydrogen-bond donors (Lipinski definition) is 0. The second-order valence-electron chi connectivity index (χ2n) is 8.49. The average Bonchev–Trinajstić information content (AvgIpc) is 3.15. The number of ether oxygens (including phenoxy) is 3. The van der Waals surface area contributed by atoms with Gasteiger partial charge in [-0.1, -0.05) is 12.1 Å². The number of amides is 1. The van der Waals surface area contributed by atoms with E-state index in [0.717, 1.165) is 25.3 Å². The van der Waals surface area contributed by atoms with Gasteiger partial charge in [-0.2, -0.15) is 0 Å². The Morgan fingerprint density at radius 1 is 0.861 bits per heavy atom. The molecule has 0 saturated carbocycles. The average molecular weight is 492 g/mol. The van der Waals surface area contributed by atoms with Crippen molar-refractivity contribution in [1.82, 2.24) is 9.80 Å². The van der Waals surface area contributed by atoms with Gasteiger partial charge in [0.25, 0.3) is 11.6 Å². The largest absolute Gasteiger partial charge is 0.497 e. The molecular formula is C27H29N3O6. The van der Waals surface area contributed by atoms with E-state index in [0.29, 0.717) is 31.1 Å². The Balaban J connectivity index is 1.49. The van der Waals surface area contributed by atoms with E-state index in [1.807, 2.05) is 24.3 Å². The van der Waals surface area contributed by atoms with Crippen LogP contribution in [-0.2, 0) is 6.54 Å². The van der Waals surface area contributed by atoms with Crippen molar-refractivity contribution >= 4 is 11.6 Å². The standard InChI is InChI=1S/C27H29N3O6/c1-34-22-7-4-20(5-8-22)19-28-14-3-15-29(17-16-28)27(31)25-18-21(30(32)33)6-13-26(25)36-24-11-9-23(35-2)10-12-24/h4-13,18H,3,14-17,19H2,1-2H3. The van der Waals surface area contributed by atoms with Crippen LogP contribution < -0.4 is 14.2 Å². The van der Waals surface area contributed by atoms with Crippen LogP contribution in [0.5, 0.6) is 23.0 Å². The van der Waals surface area contributed by atoms with Crippen molar-refractivity contribution in [3.63, 3.8) is 0 Å². The summed E-state index contributed by atoms with van der Waals surface area (Å²) in [6.07, 6.45) is 0.797. The molecule has 0 unspecified atom stereocenters. The highest BCUT2D eigenvalue weighted by molar-refractivity contribution is 5.97. The van der Waals surface area contributed by atoms with Crippen LogP contribution in [0.25, 0.3) is 0 Å². The number of benzene rings is 3. The topological polar surface area (TPSA) is 94.4 Å². The number of non-ortho nitro benzene ring substituents is 1. The van der Waals surface area contributed by atoms with Gasteiger partial charge in [0.15, 0.2) is 0 Å². The number of methoxy groups -OCH3 is 2. The van der Waals surface area contributed by atoms with E-state index in [2.05, 4.69) is 4.90 Å². The van der Waals surface area contributed by atoms with E-state index in [-0.39, 0.29) is 22.9 Å². The highest BCUT2D eigenvalue weighted by Gasteiger charge is 2.25. The summed E-state index contributed by atoms with van der Waals surface area (Å²) in [4.78, 5) is 28.5. The first-order valence-electron chi connectivity index (χ1n) is 11.7. The molecule has 9 nitrogen and oxygen atoms in total. The summed E-state index contributed by atoms with van der Waals surface area (Å²) in [7, 11) is 3.21. The lowest BCUT2D eigenvalue weighted by molar-refractivity contribution is -0.384. The molecule has 36 heavy (non-hydrogen) atoms. The van der Waals surface area contributed by atoms with Gasteiger partial charge < -0.3 is 19.1 Å². The van der Waals surface area contributed by atoms with Crippen LogP contribution in [0, 0.1) is 10.1 Å². The summed E-state index contributed by atoms with van der Waals surface area (Å²) in [5, 5.41) is 11.4. The third-order valence-corrected chi connectivity index (χ3v) is 6.13. The van der Waals surface area contributed by atoms with Gasteiger partial charge in [-0.05, 0) is 54.4 Å². The lowest BCUT2D eigenvalue weighted by atomic mass is 10.1. The fraction of sp³-hybridized carbons (Fsp3) is 0.296. The summed E-state index contributed by atoms with van der Waals surface area (Å²) in [6.45, 7) is 3.39. The molecule has 1 fully saturated rings. The molecule has 188 valence electrons. The van der Waals surface area contributed by atoms with Gasteiger partial charge in [0, 0.05) is 44.9 Å². The third-order valence-electron chi connectivity index (χ3n) is 6.13. The summed E-state index contributed by atoms with van der Waals surface area (Å²) in [6, 6.07) is 19.0. The zero-order valence-electron chi connectivity index (χ0n) is 20.4. The number of nitro benzene ring substituents is 1. The van der Waals surface area contributed by atoms with Crippen LogP contribution in [0.2, 0.25) is 0 Å². The highest BCUT2D eigenvalue weighted by atomic mass is 16.6. The summed E-state index contributed by atoms with van der Waals surface area (Å²) >= 11 is 0. The molecular weight excluding hydrogens is 462 g/mol. The number of carbonyl (C=O) groups excluding carboxylic acids is 1. The number of hydrogen-bond acceptors (Lipinski definition) is 7. The van der Waals surface area contributed by atoms with E-state index in [1.54, 1.807) is 43.4 Å². The van der Waals surface area contributed by atoms with E-state index in [9.17, 15) is 14.9 Å². The second-order valence-corrected chi connectivity index (χ2v) is 8.49. The normalized spacial score (nSPS) is 14.1. The van der Waals surface area contributed by atoms with Crippen molar-refractivity contribution in [1.29, 1.82) is 0 Å². The van der Waals surface area contributed by atoms with Crippen molar-refractivity contribution in [3.8, 4) is 23.0 Å². The Kier molecular flexibility index (Phi) is 8.02. The molecule has 0 aromatic heterocycles. The summed E-state index contributed by atoms with van der Waals surface area (Å²) < 4.78 is 16.4. The van der Waals surface area contributed by atoms with Crippen LogP contribution in [-0.4, -0.2) is 61.0 Å². The zero-order valence-corrected chi connectivity index (χ0v) is 20.4. The third kappa shape index (κ3) is 6.11. The minimum absolute atomic E-state index is 0.156. The Hall–Kier alpha value is -4.11. The molecule has 0 radical (unpaired) electrons. The Bertz CT molecular complexity index is 1200. The molecule has 1 amide bonds. The van der Waals surface area contributed by atoms with Crippen LogP contribution >= 0.6 is 0 Å². The van der Waals surface area contributed by atoms with Gasteiger partial charge in [-0.3, -0.25) is 19.8 Å². The zero-order chi connectivity index (χ0) is 25.5. The smallest absolute Gasteiger partial charge is 0.270 e. The predicted molar refractivity (Wildman–Crippen MR) is 135 cm³/mol. The number of rotatable bonds is 8. The monoisotopic (exact) mass is 491 g/mol. The lowest BCUT2D eigenvalue weighted by Gasteiger charge is -2.23. The number of carbonyl (C=O) groups is 1. The van der Waals surface area contributed by atoms with Crippen molar-refractivity contribution in [2.75, 3.05) is 40.4 Å². The van der Waals surface area contributed by atoms with Gasteiger partial charge in [0.05, 0.1) is 24.7 Å².